The standard InChI is InChI=1S/C23H19BrF2N4O2/c24-16-3-6-21(31)19(11-16)20-9-15(14-1-4-18(5-2-14)32-23(25)26)10-22(30-20)28-8-7-17-12-27-13-29-17/h1-6,9-13,23,31H,7-8H2,(H,27,29)(H,28,30). The molecule has 0 aliphatic rings. The molecule has 0 saturated carbocycles. The van der Waals surface area contributed by atoms with Gasteiger partial charge in [-0.05, 0) is 53.6 Å². The van der Waals surface area contributed by atoms with E-state index in [2.05, 4.69) is 40.9 Å². The molecular formula is C23H19BrF2N4O2. The van der Waals surface area contributed by atoms with Gasteiger partial charge in [-0.15, -0.1) is 0 Å². The first-order chi connectivity index (χ1) is 15.5. The maximum atomic E-state index is 12.5. The molecule has 0 aliphatic heterocycles. The number of anilines is 1. The van der Waals surface area contributed by atoms with Gasteiger partial charge in [-0.3, -0.25) is 0 Å². The van der Waals surface area contributed by atoms with Crippen molar-refractivity contribution in [3.8, 4) is 33.9 Å². The Morgan fingerprint density at radius 1 is 1.06 bits per heavy atom. The van der Waals surface area contributed by atoms with Crippen molar-refractivity contribution in [2.45, 2.75) is 13.0 Å². The number of imidazole rings is 1. The summed E-state index contributed by atoms with van der Waals surface area (Å²) in [6, 6.07) is 15.2. The molecule has 32 heavy (non-hydrogen) atoms. The molecule has 2 aromatic carbocycles. The molecule has 0 fully saturated rings. The van der Waals surface area contributed by atoms with Crippen LogP contribution in [0.25, 0.3) is 22.4 Å². The average Bonchev–Trinajstić information content (AvgIpc) is 3.29. The molecule has 2 aromatic heterocycles. The van der Waals surface area contributed by atoms with E-state index in [1.807, 2.05) is 12.1 Å². The van der Waals surface area contributed by atoms with Crippen LogP contribution in [0.15, 0.2) is 71.6 Å². The zero-order valence-electron chi connectivity index (χ0n) is 16.7. The maximum absolute atomic E-state index is 12.5. The highest BCUT2D eigenvalue weighted by Crippen LogP contribution is 2.34. The topological polar surface area (TPSA) is 83.1 Å². The van der Waals surface area contributed by atoms with Gasteiger partial charge in [-0.2, -0.15) is 8.78 Å². The number of pyridine rings is 1. The molecule has 0 amide bonds. The molecule has 164 valence electrons. The predicted octanol–water partition coefficient (Wildman–Crippen LogP) is 5.86. The van der Waals surface area contributed by atoms with Crippen LogP contribution < -0.4 is 10.1 Å². The van der Waals surface area contributed by atoms with E-state index < -0.39 is 6.61 Å². The van der Waals surface area contributed by atoms with E-state index in [4.69, 9.17) is 0 Å². The van der Waals surface area contributed by atoms with Crippen LogP contribution >= 0.6 is 15.9 Å². The molecule has 0 atom stereocenters. The Kier molecular flexibility index (Phi) is 6.65. The van der Waals surface area contributed by atoms with Crippen molar-refractivity contribution in [2.75, 3.05) is 11.9 Å². The van der Waals surface area contributed by atoms with E-state index in [0.29, 0.717) is 23.6 Å². The number of phenols is 1. The van der Waals surface area contributed by atoms with E-state index in [1.165, 1.54) is 12.1 Å². The third-order valence-electron chi connectivity index (χ3n) is 4.73. The molecule has 2 heterocycles. The third-order valence-corrected chi connectivity index (χ3v) is 5.22. The molecule has 0 bridgehead atoms. The van der Waals surface area contributed by atoms with Crippen LogP contribution in [0, 0.1) is 0 Å². The number of hydrogen-bond donors (Lipinski definition) is 3. The van der Waals surface area contributed by atoms with Gasteiger partial charge in [-0.25, -0.2) is 9.97 Å². The van der Waals surface area contributed by atoms with Crippen LogP contribution in [0.3, 0.4) is 0 Å². The number of halogens is 3. The van der Waals surface area contributed by atoms with Gasteiger partial charge in [0.2, 0.25) is 0 Å². The fourth-order valence-electron chi connectivity index (χ4n) is 3.21. The first-order valence-corrected chi connectivity index (χ1v) is 10.5. The Balaban J connectivity index is 1.67. The van der Waals surface area contributed by atoms with E-state index in [9.17, 15) is 13.9 Å². The van der Waals surface area contributed by atoms with Gasteiger partial charge in [0, 0.05) is 34.9 Å². The monoisotopic (exact) mass is 500 g/mol. The maximum Gasteiger partial charge on any atom is 0.387 e. The van der Waals surface area contributed by atoms with Gasteiger partial charge in [0.15, 0.2) is 0 Å². The minimum atomic E-state index is -2.88. The lowest BCUT2D eigenvalue weighted by Gasteiger charge is -2.13. The van der Waals surface area contributed by atoms with Crippen molar-refractivity contribution >= 4 is 21.7 Å². The van der Waals surface area contributed by atoms with Crippen LogP contribution in [0.5, 0.6) is 11.5 Å². The summed E-state index contributed by atoms with van der Waals surface area (Å²) in [5.74, 6) is 0.798. The van der Waals surface area contributed by atoms with E-state index >= 15 is 0 Å². The lowest BCUT2D eigenvalue weighted by Crippen LogP contribution is -2.07. The number of phenolic OH excluding ortho intramolecular Hbond substituents is 1. The zero-order valence-corrected chi connectivity index (χ0v) is 18.3. The Labute approximate surface area is 191 Å². The number of benzene rings is 2. The number of aromatic amines is 1. The molecule has 0 aliphatic carbocycles. The first kappa shape index (κ1) is 21.8. The number of alkyl halides is 2. The summed E-state index contributed by atoms with van der Waals surface area (Å²) >= 11 is 3.43. The van der Waals surface area contributed by atoms with Gasteiger partial charge < -0.3 is 20.1 Å². The zero-order chi connectivity index (χ0) is 22.5. The highest BCUT2D eigenvalue weighted by atomic mass is 79.9. The van der Waals surface area contributed by atoms with Crippen molar-refractivity contribution in [1.29, 1.82) is 0 Å². The largest absolute Gasteiger partial charge is 0.507 e. The summed E-state index contributed by atoms with van der Waals surface area (Å²) in [4.78, 5) is 11.7. The van der Waals surface area contributed by atoms with Crippen LogP contribution in [0.4, 0.5) is 14.6 Å². The lowest BCUT2D eigenvalue weighted by atomic mass is 10.0. The highest BCUT2D eigenvalue weighted by molar-refractivity contribution is 9.10. The quantitative estimate of drug-likeness (QED) is 0.282. The van der Waals surface area contributed by atoms with Crippen LogP contribution in [-0.2, 0) is 6.42 Å². The Morgan fingerprint density at radius 3 is 2.59 bits per heavy atom. The van der Waals surface area contributed by atoms with E-state index in [-0.39, 0.29) is 11.5 Å². The van der Waals surface area contributed by atoms with Crippen molar-refractivity contribution < 1.29 is 18.6 Å². The Bertz CT molecular complexity index is 1190. The minimum absolute atomic E-state index is 0.0839. The first-order valence-electron chi connectivity index (χ1n) is 9.75. The Hall–Kier alpha value is -3.46. The normalized spacial score (nSPS) is 11.0. The number of ether oxygens (including phenoxy) is 1. The van der Waals surface area contributed by atoms with Crippen LogP contribution in [0.1, 0.15) is 5.69 Å². The number of H-pyrrole nitrogens is 1. The summed E-state index contributed by atoms with van der Waals surface area (Å²) in [5.41, 5.74) is 3.73. The highest BCUT2D eigenvalue weighted by Gasteiger charge is 2.12. The average molecular weight is 501 g/mol. The van der Waals surface area contributed by atoms with Crippen molar-refractivity contribution in [2.24, 2.45) is 0 Å². The third kappa shape index (κ3) is 5.42. The summed E-state index contributed by atoms with van der Waals surface area (Å²) in [6.45, 7) is -2.26. The summed E-state index contributed by atoms with van der Waals surface area (Å²) in [6.07, 6.45) is 4.12. The van der Waals surface area contributed by atoms with Gasteiger partial charge >= 0.3 is 6.61 Å². The number of aromatic hydroxyl groups is 1. The second kappa shape index (κ2) is 9.78. The van der Waals surface area contributed by atoms with Gasteiger partial charge in [0.1, 0.15) is 17.3 Å². The molecule has 3 N–H and O–H groups in total. The fourth-order valence-corrected chi connectivity index (χ4v) is 3.58. The molecule has 9 heteroatoms. The summed E-state index contributed by atoms with van der Waals surface area (Å²) < 4.78 is 30.2. The summed E-state index contributed by atoms with van der Waals surface area (Å²) in [7, 11) is 0. The molecule has 0 saturated heterocycles. The van der Waals surface area contributed by atoms with Crippen molar-refractivity contribution in [1.82, 2.24) is 15.0 Å². The van der Waals surface area contributed by atoms with Crippen LogP contribution in [-0.4, -0.2) is 33.2 Å². The van der Waals surface area contributed by atoms with E-state index in [1.54, 1.807) is 42.9 Å². The van der Waals surface area contributed by atoms with Crippen LogP contribution in [0.2, 0.25) is 0 Å². The number of aromatic nitrogens is 3. The number of rotatable bonds is 8. The molecule has 0 unspecified atom stereocenters. The van der Waals surface area contributed by atoms with Gasteiger partial charge in [-0.1, -0.05) is 28.1 Å². The molecule has 4 rings (SSSR count). The molecule has 0 radical (unpaired) electrons. The summed E-state index contributed by atoms with van der Waals surface area (Å²) in [5, 5.41) is 13.7. The molecule has 6 nitrogen and oxygen atoms in total. The second-order valence-electron chi connectivity index (χ2n) is 6.94. The molecule has 4 aromatic rings. The fraction of sp³-hybridized carbons (Fsp3) is 0.130. The minimum Gasteiger partial charge on any atom is -0.507 e. The Morgan fingerprint density at radius 2 is 1.88 bits per heavy atom. The smallest absolute Gasteiger partial charge is 0.387 e. The predicted molar refractivity (Wildman–Crippen MR) is 122 cm³/mol. The van der Waals surface area contributed by atoms with Gasteiger partial charge in [0.05, 0.1) is 12.0 Å². The number of nitrogens with one attached hydrogen (secondary N) is 2. The van der Waals surface area contributed by atoms with E-state index in [0.717, 1.165) is 27.7 Å². The SMILES string of the molecule is Oc1ccc(Br)cc1-c1cc(-c2ccc(OC(F)F)cc2)cc(NCCc2cnc[nH]2)n1. The number of nitrogens with zero attached hydrogens (tertiary/aromatic N) is 2. The van der Waals surface area contributed by atoms with Gasteiger partial charge in [0.25, 0.3) is 0 Å². The van der Waals surface area contributed by atoms with Crippen molar-refractivity contribution in [3.63, 3.8) is 0 Å². The molecule has 0 spiro atoms. The number of hydrogen-bond acceptors (Lipinski definition) is 5. The second-order valence-corrected chi connectivity index (χ2v) is 7.86. The van der Waals surface area contributed by atoms with Crippen molar-refractivity contribution in [3.05, 3.63) is 77.3 Å². The molecular weight excluding hydrogens is 482 g/mol. The lowest BCUT2D eigenvalue weighted by molar-refractivity contribution is -0.0498.